The summed E-state index contributed by atoms with van der Waals surface area (Å²) in [5, 5.41) is 14.3. The quantitative estimate of drug-likeness (QED) is 0.159. The van der Waals surface area contributed by atoms with Crippen molar-refractivity contribution < 1.29 is 27.9 Å². The average Bonchev–Trinajstić information content (AvgIpc) is 3.56. The third-order valence-corrected chi connectivity index (χ3v) is 12.3. The van der Waals surface area contributed by atoms with Crippen molar-refractivity contribution in [2.45, 2.75) is 64.0 Å². The molecule has 1 unspecified atom stereocenters. The van der Waals surface area contributed by atoms with Crippen LogP contribution in [0.5, 0.6) is 5.75 Å². The number of benzene rings is 1. The Bertz CT molecular complexity index is 2620. The minimum absolute atomic E-state index is 0.0159. The summed E-state index contributed by atoms with van der Waals surface area (Å²) in [5.74, 6) is -4.58. The van der Waals surface area contributed by atoms with E-state index in [0.717, 1.165) is 10.9 Å². The number of rotatable bonds is 11. The van der Waals surface area contributed by atoms with Crippen LogP contribution in [0.15, 0.2) is 47.5 Å². The summed E-state index contributed by atoms with van der Waals surface area (Å²) >= 11 is 6.57. The summed E-state index contributed by atoms with van der Waals surface area (Å²) in [4.78, 5) is 69.0. The molecule has 62 heavy (non-hydrogen) atoms. The predicted molar refractivity (Wildman–Crippen MR) is 231 cm³/mol. The van der Waals surface area contributed by atoms with E-state index in [1.54, 1.807) is 35.0 Å². The Hall–Kier alpha value is -5.95. The van der Waals surface area contributed by atoms with Crippen LogP contribution >= 0.6 is 11.6 Å². The molecule has 0 aliphatic carbocycles. The van der Waals surface area contributed by atoms with Crippen LogP contribution in [0.2, 0.25) is 5.02 Å². The number of nitrogens with one attached hydrogen (secondary N) is 3. The van der Waals surface area contributed by atoms with Gasteiger partial charge in [-0.25, -0.2) is 18.7 Å². The number of alkyl halides is 2. The first-order valence-corrected chi connectivity index (χ1v) is 21.1. The molecular formula is C42H49ClF2N12O5. The molecule has 3 fully saturated rings. The van der Waals surface area contributed by atoms with Gasteiger partial charge in [0.15, 0.2) is 18.2 Å². The number of carbonyl (C=O) groups excluding carboxylic acids is 3. The van der Waals surface area contributed by atoms with Crippen molar-refractivity contribution in [3.8, 4) is 5.75 Å². The third kappa shape index (κ3) is 8.47. The van der Waals surface area contributed by atoms with E-state index in [1.165, 1.54) is 17.8 Å². The fraction of sp³-hybridized carbons (Fsp3) is 0.476. The summed E-state index contributed by atoms with van der Waals surface area (Å²) in [6.45, 7) is 7.28. The second-order valence-electron chi connectivity index (χ2n) is 16.5. The van der Waals surface area contributed by atoms with Crippen molar-refractivity contribution in [3.05, 3.63) is 63.8 Å². The molecule has 3 aliphatic heterocycles. The molecule has 0 radical (unpaired) electrons. The van der Waals surface area contributed by atoms with Gasteiger partial charge in [-0.2, -0.15) is 10.1 Å². The maximum absolute atomic E-state index is 16.0. The van der Waals surface area contributed by atoms with Crippen molar-refractivity contribution in [2.75, 3.05) is 68.0 Å². The van der Waals surface area contributed by atoms with Gasteiger partial charge in [0.2, 0.25) is 17.8 Å². The maximum Gasteiger partial charge on any atom is 0.294 e. The molecule has 8 rings (SSSR count). The molecule has 4 aromatic heterocycles. The van der Waals surface area contributed by atoms with E-state index in [-0.39, 0.29) is 60.1 Å². The molecule has 0 bridgehead atoms. The third-order valence-electron chi connectivity index (χ3n) is 12.0. The van der Waals surface area contributed by atoms with E-state index in [1.807, 2.05) is 43.9 Å². The Morgan fingerprint density at radius 1 is 1.06 bits per heavy atom. The zero-order valence-electron chi connectivity index (χ0n) is 35.1. The number of hydrogen-bond acceptors (Lipinski definition) is 13. The summed E-state index contributed by atoms with van der Waals surface area (Å²) in [6.07, 6.45) is 4.01. The molecular weight excluding hydrogens is 826 g/mol. The fourth-order valence-corrected chi connectivity index (χ4v) is 8.78. The number of imide groups is 1. The monoisotopic (exact) mass is 874 g/mol. The van der Waals surface area contributed by atoms with Gasteiger partial charge >= 0.3 is 0 Å². The number of ether oxygens (including phenoxy) is 1. The molecule has 328 valence electrons. The van der Waals surface area contributed by atoms with E-state index in [4.69, 9.17) is 21.3 Å². The number of aromatic nitrogens is 6. The molecule has 0 saturated carbocycles. The standard InChI is InChI=1S/C42H49ClF2N12O5/c1-23(2)57-38-25(15-33(40(57)61)62-21-35(59)46-4)14-27(17-47-38)49-37-31(43)18-48-41(51-37)55-13-12-54(24(3)19-55)20-26-10-11-56(22-42(26,44)45)28-6-7-29-32(16-28)53(5)52-36(29)30-8-9-34(58)50-39(30)60/h6-7,14-18,23-24,26,30H,8-13,19-22H2,1-5H3,(H,46,59)(H,48,49,51)(H,50,58,60)/t24-,26-,30?/m0/s1. The molecule has 3 amide bonds. The number of amides is 3. The van der Waals surface area contributed by atoms with Gasteiger partial charge in [0.05, 0.1) is 41.8 Å². The van der Waals surface area contributed by atoms with Crippen LogP contribution < -0.4 is 36.0 Å². The van der Waals surface area contributed by atoms with Gasteiger partial charge in [-0.3, -0.25) is 38.6 Å². The molecule has 5 aromatic rings. The highest BCUT2D eigenvalue weighted by Gasteiger charge is 2.46. The van der Waals surface area contributed by atoms with Crippen molar-refractivity contribution in [3.63, 3.8) is 0 Å². The van der Waals surface area contributed by atoms with Crippen molar-refractivity contribution in [1.29, 1.82) is 0 Å². The number of aryl methyl sites for hydroxylation is 1. The summed E-state index contributed by atoms with van der Waals surface area (Å²) in [5.41, 5.74) is 2.56. The second kappa shape index (κ2) is 17.1. The zero-order valence-corrected chi connectivity index (χ0v) is 35.9. The largest absolute Gasteiger partial charge is 0.478 e. The summed E-state index contributed by atoms with van der Waals surface area (Å²) in [7, 11) is 3.25. The van der Waals surface area contributed by atoms with Crippen molar-refractivity contribution >= 4 is 74.4 Å². The molecule has 3 N–H and O–H groups in total. The lowest BCUT2D eigenvalue weighted by Crippen LogP contribution is -2.57. The van der Waals surface area contributed by atoms with Gasteiger partial charge in [0.25, 0.3) is 17.4 Å². The first kappa shape index (κ1) is 42.7. The molecule has 3 aliphatic rings. The van der Waals surface area contributed by atoms with Gasteiger partial charge < -0.3 is 25.2 Å². The van der Waals surface area contributed by atoms with Crippen LogP contribution in [0.3, 0.4) is 0 Å². The SMILES string of the molecule is CNC(=O)COc1cc2cc(Nc3nc(N4CCN(C[C@@H]5CCN(c6ccc7c(C8CCC(=O)NC8=O)nn(C)c7c6)CC5(F)F)[C@@H](C)C4)ncc3Cl)cnc2n(C(C)C)c1=O. The fourth-order valence-electron chi connectivity index (χ4n) is 8.64. The molecule has 17 nitrogen and oxygen atoms in total. The van der Waals surface area contributed by atoms with Crippen LogP contribution in [-0.4, -0.2) is 117 Å². The van der Waals surface area contributed by atoms with Crippen LogP contribution in [0, 0.1) is 5.92 Å². The Morgan fingerprint density at radius 3 is 2.60 bits per heavy atom. The highest BCUT2D eigenvalue weighted by Crippen LogP contribution is 2.39. The Balaban J connectivity index is 0.908. The number of likely N-dealkylation sites (N-methyl/N-ethyl adjacent to an activating group) is 1. The number of anilines is 4. The number of halogens is 3. The van der Waals surface area contributed by atoms with Gasteiger partial charge in [0.1, 0.15) is 10.7 Å². The van der Waals surface area contributed by atoms with Gasteiger partial charge in [-0.15, -0.1) is 0 Å². The number of carbonyl (C=O) groups is 3. The van der Waals surface area contributed by atoms with Gasteiger partial charge in [-0.1, -0.05) is 11.6 Å². The minimum atomic E-state index is -2.95. The summed E-state index contributed by atoms with van der Waals surface area (Å²) < 4.78 is 40.8. The van der Waals surface area contributed by atoms with Crippen molar-refractivity contribution in [1.82, 2.24) is 44.8 Å². The highest BCUT2D eigenvalue weighted by molar-refractivity contribution is 6.33. The lowest BCUT2D eigenvalue weighted by atomic mass is 9.90. The minimum Gasteiger partial charge on any atom is -0.478 e. The lowest BCUT2D eigenvalue weighted by Gasteiger charge is -2.45. The molecule has 3 saturated heterocycles. The summed E-state index contributed by atoms with van der Waals surface area (Å²) in [6, 6.07) is 8.53. The lowest BCUT2D eigenvalue weighted by molar-refractivity contribution is -0.134. The van der Waals surface area contributed by atoms with Crippen LogP contribution in [-0.2, 0) is 21.4 Å². The average molecular weight is 875 g/mol. The Labute approximate surface area is 360 Å². The van der Waals surface area contributed by atoms with E-state index < -0.39 is 29.9 Å². The smallest absolute Gasteiger partial charge is 0.294 e. The number of piperazine rings is 1. The number of pyridine rings is 2. The van der Waals surface area contributed by atoms with Crippen LogP contribution in [0.4, 0.5) is 31.9 Å². The van der Waals surface area contributed by atoms with Crippen LogP contribution in [0.1, 0.15) is 57.7 Å². The first-order valence-electron chi connectivity index (χ1n) is 20.7. The zero-order chi connectivity index (χ0) is 44.0. The van der Waals surface area contributed by atoms with Crippen LogP contribution in [0.25, 0.3) is 21.9 Å². The predicted octanol–water partition coefficient (Wildman–Crippen LogP) is 4.37. The topological polar surface area (TPSA) is 185 Å². The van der Waals surface area contributed by atoms with E-state index >= 15 is 8.78 Å². The number of piperidine rings is 2. The molecule has 3 atom stereocenters. The van der Waals surface area contributed by atoms with E-state index in [2.05, 4.69) is 35.9 Å². The van der Waals surface area contributed by atoms with E-state index in [9.17, 15) is 19.2 Å². The first-order chi connectivity index (χ1) is 29.6. The highest BCUT2D eigenvalue weighted by atomic mass is 35.5. The Kier molecular flexibility index (Phi) is 11.8. The maximum atomic E-state index is 16.0. The normalized spacial score (nSPS) is 20.8. The second-order valence-corrected chi connectivity index (χ2v) is 16.9. The van der Waals surface area contributed by atoms with Gasteiger partial charge in [0, 0.05) is 87.7 Å². The van der Waals surface area contributed by atoms with E-state index in [0.29, 0.717) is 78.9 Å². The molecule has 1 aromatic carbocycles. The molecule has 20 heteroatoms. The van der Waals surface area contributed by atoms with Gasteiger partial charge in [-0.05, 0) is 63.9 Å². The molecule has 7 heterocycles. The Morgan fingerprint density at radius 2 is 1.87 bits per heavy atom. The number of hydrogen-bond donors (Lipinski definition) is 3. The number of nitrogens with zero attached hydrogens (tertiary/aromatic N) is 9. The number of fused-ring (bicyclic) bond motifs is 2. The van der Waals surface area contributed by atoms with Crippen molar-refractivity contribution in [2.24, 2.45) is 13.0 Å². The molecule has 0 spiro atoms.